The van der Waals surface area contributed by atoms with E-state index < -0.39 is 11.6 Å². The highest BCUT2D eigenvalue weighted by Gasteiger charge is 2.42. The molecule has 0 amide bonds. The van der Waals surface area contributed by atoms with Crippen molar-refractivity contribution >= 4 is 28.5 Å². The summed E-state index contributed by atoms with van der Waals surface area (Å²) in [7, 11) is 0. The van der Waals surface area contributed by atoms with E-state index >= 15 is 0 Å². The number of aromatic nitrogens is 1. The van der Waals surface area contributed by atoms with Gasteiger partial charge in [0.05, 0.1) is 40.9 Å². The molecule has 2 aromatic rings. The molecule has 1 aliphatic rings. The molecular formula is C17H17ClN2O3. The molecule has 0 spiro atoms. The van der Waals surface area contributed by atoms with Crippen LogP contribution in [0.25, 0.3) is 10.9 Å². The Kier molecular flexibility index (Phi) is 4.05. The number of aromatic amines is 1. The van der Waals surface area contributed by atoms with Crippen LogP contribution in [0.15, 0.2) is 12.1 Å². The first-order valence-electron chi connectivity index (χ1n) is 7.62. The van der Waals surface area contributed by atoms with Gasteiger partial charge in [-0.25, -0.2) is 0 Å². The predicted molar refractivity (Wildman–Crippen MR) is 86.5 cm³/mol. The van der Waals surface area contributed by atoms with E-state index in [-0.39, 0.29) is 6.42 Å². The number of carbonyl (C=O) groups is 1. The molecule has 1 aromatic heterocycles. The number of nitrogens with zero attached hydrogens (tertiary/aromatic N) is 1. The Morgan fingerprint density at radius 3 is 3.00 bits per heavy atom. The first-order chi connectivity index (χ1) is 11.0. The number of carboxylic acid groups (broad SMARTS) is 1. The molecule has 1 aliphatic heterocycles. The minimum absolute atomic E-state index is 0.111. The molecule has 2 heterocycles. The van der Waals surface area contributed by atoms with Crippen LogP contribution >= 0.6 is 11.6 Å². The molecule has 0 saturated carbocycles. The summed E-state index contributed by atoms with van der Waals surface area (Å²) in [6.07, 6.45) is 1.91. The van der Waals surface area contributed by atoms with Gasteiger partial charge in [0.15, 0.2) is 0 Å². The Labute approximate surface area is 138 Å². The van der Waals surface area contributed by atoms with Crippen molar-refractivity contribution in [2.24, 2.45) is 0 Å². The molecule has 23 heavy (non-hydrogen) atoms. The molecule has 6 heteroatoms. The maximum Gasteiger partial charge on any atom is 0.306 e. The zero-order valence-electron chi connectivity index (χ0n) is 12.8. The topological polar surface area (TPSA) is 86.1 Å². The first kappa shape index (κ1) is 15.9. The normalized spacial score (nSPS) is 20.2. The average molecular weight is 333 g/mol. The number of aliphatic carboxylic acids is 1. The van der Waals surface area contributed by atoms with Crippen molar-refractivity contribution in [2.45, 2.75) is 38.2 Å². The van der Waals surface area contributed by atoms with Crippen molar-refractivity contribution in [3.05, 3.63) is 34.0 Å². The smallest absolute Gasteiger partial charge is 0.306 e. The lowest BCUT2D eigenvalue weighted by molar-refractivity contribution is -0.149. The van der Waals surface area contributed by atoms with Crippen LogP contribution in [-0.2, 0) is 21.6 Å². The molecule has 0 bridgehead atoms. The lowest BCUT2D eigenvalue weighted by Gasteiger charge is -2.36. The number of nitriles is 1. The van der Waals surface area contributed by atoms with Gasteiger partial charge in [-0.1, -0.05) is 24.9 Å². The number of H-pyrrole nitrogens is 1. The second-order valence-electron chi connectivity index (χ2n) is 5.85. The van der Waals surface area contributed by atoms with E-state index in [0.717, 1.165) is 23.1 Å². The molecule has 0 radical (unpaired) electrons. The molecule has 2 N–H and O–H groups in total. The van der Waals surface area contributed by atoms with Crippen LogP contribution < -0.4 is 0 Å². The van der Waals surface area contributed by atoms with Gasteiger partial charge in [-0.15, -0.1) is 0 Å². The summed E-state index contributed by atoms with van der Waals surface area (Å²) in [4.78, 5) is 14.7. The molecule has 3 rings (SSSR count). The molecule has 0 saturated heterocycles. The summed E-state index contributed by atoms with van der Waals surface area (Å²) in [6.45, 7) is 2.43. The van der Waals surface area contributed by atoms with Crippen LogP contribution in [-0.4, -0.2) is 22.7 Å². The lowest BCUT2D eigenvalue weighted by Crippen LogP contribution is -2.37. The Morgan fingerprint density at radius 1 is 1.57 bits per heavy atom. The number of hydrogen-bond donors (Lipinski definition) is 2. The Hall–Kier alpha value is -2.03. The summed E-state index contributed by atoms with van der Waals surface area (Å²) >= 11 is 6.28. The number of carboxylic acids is 1. The van der Waals surface area contributed by atoms with Crippen molar-refractivity contribution in [1.29, 1.82) is 5.26 Å². The first-order valence-corrected chi connectivity index (χ1v) is 7.99. The highest BCUT2D eigenvalue weighted by atomic mass is 35.5. The van der Waals surface area contributed by atoms with Crippen LogP contribution in [0.5, 0.6) is 0 Å². The van der Waals surface area contributed by atoms with E-state index in [1.165, 1.54) is 0 Å². The summed E-state index contributed by atoms with van der Waals surface area (Å²) < 4.78 is 5.95. The van der Waals surface area contributed by atoms with Gasteiger partial charge in [-0.2, -0.15) is 5.26 Å². The van der Waals surface area contributed by atoms with Gasteiger partial charge < -0.3 is 14.8 Å². The second-order valence-corrected chi connectivity index (χ2v) is 6.26. The SMILES string of the molecule is CCC[C@]1(CC(=O)O)OCCc2c1[nH]c1c(Cl)ccc(C#N)c21. The minimum Gasteiger partial charge on any atom is -0.481 e. The highest BCUT2D eigenvalue weighted by Crippen LogP contribution is 2.44. The summed E-state index contributed by atoms with van der Waals surface area (Å²) in [5, 5.41) is 20.1. The van der Waals surface area contributed by atoms with Gasteiger partial charge in [0, 0.05) is 5.39 Å². The van der Waals surface area contributed by atoms with Gasteiger partial charge in [0.1, 0.15) is 5.60 Å². The van der Waals surface area contributed by atoms with Crippen LogP contribution in [0.3, 0.4) is 0 Å². The molecule has 5 nitrogen and oxygen atoms in total. The zero-order chi connectivity index (χ0) is 16.6. The van der Waals surface area contributed by atoms with Gasteiger partial charge in [-0.3, -0.25) is 4.79 Å². The molecule has 120 valence electrons. The zero-order valence-corrected chi connectivity index (χ0v) is 13.5. The van der Waals surface area contributed by atoms with Crippen LogP contribution in [0.4, 0.5) is 0 Å². The van der Waals surface area contributed by atoms with E-state index in [9.17, 15) is 15.2 Å². The molecule has 1 aromatic carbocycles. The fourth-order valence-corrected chi connectivity index (χ4v) is 3.77. The molecule has 1 atom stereocenters. The van der Waals surface area contributed by atoms with Crippen molar-refractivity contribution in [1.82, 2.24) is 4.98 Å². The van der Waals surface area contributed by atoms with E-state index in [2.05, 4.69) is 11.1 Å². The van der Waals surface area contributed by atoms with Gasteiger partial charge in [0.25, 0.3) is 0 Å². The summed E-state index contributed by atoms with van der Waals surface area (Å²) in [6, 6.07) is 5.58. The summed E-state index contributed by atoms with van der Waals surface area (Å²) in [5.74, 6) is -0.906. The van der Waals surface area contributed by atoms with Crippen molar-refractivity contribution in [3.63, 3.8) is 0 Å². The Morgan fingerprint density at radius 2 is 2.35 bits per heavy atom. The van der Waals surface area contributed by atoms with Crippen LogP contribution in [0.1, 0.15) is 43.0 Å². The van der Waals surface area contributed by atoms with Crippen LogP contribution in [0.2, 0.25) is 5.02 Å². The maximum absolute atomic E-state index is 11.4. The van der Waals surface area contributed by atoms with Crippen molar-refractivity contribution in [2.75, 3.05) is 6.61 Å². The van der Waals surface area contributed by atoms with Crippen molar-refractivity contribution < 1.29 is 14.6 Å². The summed E-state index contributed by atoms with van der Waals surface area (Å²) in [5.41, 5.74) is 2.06. The van der Waals surface area contributed by atoms with E-state index in [1.807, 2.05) is 6.92 Å². The number of ether oxygens (including phenoxy) is 1. The fourth-order valence-electron chi connectivity index (χ4n) is 3.56. The second kappa shape index (κ2) is 5.88. The predicted octanol–water partition coefficient (Wildman–Crippen LogP) is 3.74. The number of fused-ring (bicyclic) bond motifs is 3. The maximum atomic E-state index is 11.4. The third-order valence-electron chi connectivity index (χ3n) is 4.41. The lowest BCUT2D eigenvalue weighted by atomic mass is 9.84. The number of nitrogens with one attached hydrogen (secondary N) is 1. The van der Waals surface area contributed by atoms with Gasteiger partial charge in [-0.05, 0) is 30.5 Å². The fraction of sp³-hybridized carbons (Fsp3) is 0.412. The minimum atomic E-state index is -0.906. The molecule has 0 aliphatic carbocycles. The number of rotatable bonds is 4. The third kappa shape index (κ3) is 2.48. The number of halogens is 1. The largest absolute Gasteiger partial charge is 0.481 e. The quantitative estimate of drug-likeness (QED) is 0.893. The number of hydrogen-bond acceptors (Lipinski definition) is 3. The Bertz CT molecular complexity index is 821. The third-order valence-corrected chi connectivity index (χ3v) is 4.72. The van der Waals surface area contributed by atoms with E-state index in [1.54, 1.807) is 12.1 Å². The van der Waals surface area contributed by atoms with Crippen LogP contribution in [0, 0.1) is 11.3 Å². The molecular weight excluding hydrogens is 316 g/mol. The van der Waals surface area contributed by atoms with E-state index in [4.69, 9.17) is 16.3 Å². The van der Waals surface area contributed by atoms with Gasteiger partial charge >= 0.3 is 5.97 Å². The Balaban J connectivity index is 2.30. The van der Waals surface area contributed by atoms with E-state index in [0.29, 0.717) is 35.6 Å². The molecule has 0 unspecified atom stereocenters. The molecule has 0 fully saturated rings. The van der Waals surface area contributed by atoms with Crippen molar-refractivity contribution in [3.8, 4) is 6.07 Å². The van der Waals surface area contributed by atoms with Gasteiger partial charge in [0.2, 0.25) is 0 Å². The standard InChI is InChI=1S/C17H17ClN2O3/c1-2-6-17(8-13(21)22)16-11(5-7-23-17)14-10(9-19)3-4-12(18)15(14)20-16/h3-4,20H,2,5-8H2,1H3,(H,21,22)/t17-/m1/s1. The monoisotopic (exact) mass is 332 g/mol. The average Bonchev–Trinajstić information content (AvgIpc) is 2.90. The number of benzene rings is 1. The highest BCUT2D eigenvalue weighted by molar-refractivity contribution is 6.35.